The third-order valence-corrected chi connectivity index (χ3v) is 3.60. The highest BCUT2D eigenvalue weighted by atomic mass is 35.5. The van der Waals surface area contributed by atoms with Crippen molar-refractivity contribution in [3.05, 3.63) is 57.6 Å². The van der Waals surface area contributed by atoms with Gasteiger partial charge in [0, 0.05) is 21.2 Å². The molecule has 2 aromatic rings. The van der Waals surface area contributed by atoms with Gasteiger partial charge in [-0.05, 0) is 47.6 Å². The fraction of sp³-hybridized carbons (Fsp3) is 0. The van der Waals surface area contributed by atoms with Gasteiger partial charge in [-0.1, -0.05) is 35.3 Å². The smallest absolute Gasteiger partial charge is 0.184 e. The zero-order chi connectivity index (χ0) is 14.3. The first-order valence-corrected chi connectivity index (χ1v) is 6.96. The molecule has 3 N–H and O–H groups in total. The fourth-order valence-electron chi connectivity index (χ4n) is 2.27. The molecule has 0 saturated heterocycles. The van der Waals surface area contributed by atoms with Crippen molar-refractivity contribution in [2.75, 3.05) is 0 Å². The van der Waals surface area contributed by atoms with Crippen LogP contribution in [0.3, 0.4) is 0 Å². The lowest BCUT2D eigenvalue weighted by Crippen LogP contribution is -2.25. The molecule has 3 nitrogen and oxygen atoms in total. The monoisotopic (exact) mass is 321 g/mol. The highest BCUT2D eigenvalue weighted by molar-refractivity contribution is 7.80. The Kier molecular flexibility index (Phi) is 3.38. The molecule has 6 heteroatoms. The average Bonchev–Trinajstić information content (AvgIpc) is 2.68. The zero-order valence-corrected chi connectivity index (χ0v) is 12.5. The van der Waals surface area contributed by atoms with Crippen molar-refractivity contribution in [2.24, 2.45) is 10.8 Å². The van der Waals surface area contributed by atoms with Gasteiger partial charge >= 0.3 is 0 Å². The van der Waals surface area contributed by atoms with Gasteiger partial charge in [0.05, 0.1) is 5.71 Å². The van der Waals surface area contributed by atoms with E-state index in [0.29, 0.717) is 10.0 Å². The Labute approximate surface area is 131 Å². The number of thiocarbonyl (C=S) groups is 1. The van der Waals surface area contributed by atoms with Crippen LogP contribution in [-0.2, 0) is 0 Å². The van der Waals surface area contributed by atoms with Gasteiger partial charge in [-0.15, -0.1) is 0 Å². The van der Waals surface area contributed by atoms with Crippen molar-refractivity contribution < 1.29 is 0 Å². The number of hydrazone groups is 1. The van der Waals surface area contributed by atoms with Gasteiger partial charge in [0.15, 0.2) is 5.11 Å². The predicted molar refractivity (Wildman–Crippen MR) is 87.5 cm³/mol. The summed E-state index contributed by atoms with van der Waals surface area (Å²) in [6, 6.07) is 11.4. The van der Waals surface area contributed by atoms with Gasteiger partial charge in [0.25, 0.3) is 0 Å². The summed E-state index contributed by atoms with van der Waals surface area (Å²) in [6.45, 7) is 0. The third kappa shape index (κ3) is 2.26. The second kappa shape index (κ2) is 5.05. The van der Waals surface area contributed by atoms with E-state index in [-0.39, 0.29) is 5.11 Å². The number of halogens is 2. The van der Waals surface area contributed by atoms with Crippen molar-refractivity contribution >= 4 is 46.2 Å². The van der Waals surface area contributed by atoms with E-state index in [1.54, 1.807) is 0 Å². The first-order valence-electron chi connectivity index (χ1n) is 5.79. The first kappa shape index (κ1) is 13.4. The molecule has 1 aliphatic rings. The first-order chi connectivity index (χ1) is 9.56. The minimum Gasteiger partial charge on any atom is -0.375 e. The highest BCUT2D eigenvalue weighted by Gasteiger charge is 2.25. The maximum absolute atomic E-state index is 6.07. The maximum Gasteiger partial charge on any atom is 0.184 e. The molecule has 0 spiro atoms. The molecular formula is C14H9Cl2N3S. The normalized spacial score (nSPS) is 11.8. The molecule has 2 aromatic carbocycles. The molecule has 0 amide bonds. The molecule has 1 aliphatic carbocycles. The summed E-state index contributed by atoms with van der Waals surface area (Å²) >= 11 is 16.9. The molecule has 0 bridgehead atoms. The maximum atomic E-state index is 6.07. The van der Waals surface area contributed by atoms with Crippen LogP contribution in [0.4, 0.5) is 0 Å². The number of nitrogens with one attached hydrogen (secondary N) is 1. The Morgan fingerprint density at radius 2 is 1.45 bits per heavy atom. The lowest BCUT2D eigenvalue weighted by atomic mass is 10.1. The topological polar surface area (TPSA) is 50.4 Å². The Hall–Kier alpha value is -1.62. The second-order valence-corrected chi connectivity index (χ2v) is 5.63. The minimum atomic E-state index is 0.108. The lowest BCUT2D eigenvalue weighted by Gasteiger charge is -2.03. The molecule has 20 heavy (non-hydrogen) atoms. The molecule has 0 aromatic heterocycles. The van der Waals surface area contributed by atoms with Crippen molar-refractivity contribution in [2.45, 2.75) is 0 Å². The Morgan fingerprint density at radius 3 is 1.90 bits per heavy atom. The lowest BCUT2D eigenvalue weighted by molar-refractivity contribution is 1.03. The number of hydrogen-bond donors (Lipinski definition) is 2. The highest BCUT2D eigenvalue weighted by Crippen LogP contribution is 2.39. The molecule has 0 unspecified atom stereocenters. The molecule has 3 rings (SSSR count). The number of hydrogen-bond acceptors (Lipinski definition) is 2. The van der Waals surface area contributed by atoms with Gasteiger partial charge in [-0.3, -0.25) is 5.43 Å². The largest absolute Gasteiger partial charge is 0.375 e. The Morgan fingerprint density at radius 1 is 0.950 bits per heavy atom. The average molecular weight is 322 g/mol. The Bertz CT molecular complexity index is 703. The van der Waals surface area contributed by atoms with E-state index < -0.39 is 0 Å². The van der Waals surface area contributed by atoms with E-state index in [1.807, 2.05) is 36.4 Å². The SMILES string of the molecule is NC(=S)NN=C1c2cc(Cl)ccc2-c2ccc(Cl)cc21. The van der Waals surface area contributed by atoms with Crippen LogP contribution in [0.5, 0.6) is 0 Å². The summed E-state index contributed by atoms with van der Waals surface area (Å²) in [5.41, 5.74) is 12.8. The molecule has 0 saturated carbocycles. The van der Waals surface area contributed by atoms with Crippen molar-refractivity contribution in [3.8, 4) is 11.1 Å². The van der Waals surface area contributed by atoms with Crippen LogP contribution < -0.4 is 11.2 Å². The van der Waals surface area contributed by atoms with Crippen LogP contribution in [0.15, 0.2) is 41.5 Å². The third-order valence-electron chi connectivity index (χ3n) is 3.04. The summed E-state index contributed by atoms with van der Waals surface area (Å²) in [5, 5.41) is 5.67. The molecule has 0 fully saturated rings. The minimum absolute atomic E-state index is 0.108. The van der Waals surface area contributed by atoms with Gasteiger partial charge in [-0.2, -0.15) is 5.10 Å². The van der Waals surface area contributed by atoms with Crippen LogP contribution in [0.2, 0.25) is 10.0 Å². The van der Waals surface area contributed by atoms with E-state index in [1.165, 1.54) is 0 Å². The zero-order valence-electron chi connectivity index (χ0n) is 10.2. The number of nitrogens with zero attached hydrogens (tertiary/aromatic N) is 1. The molecule has 0 heterocycles. The van der Waals surface area contributed by atoms with Gasteiger partial charge < -0.3 is 5.73 Å². The number of benzene rings is 2. The predicted octanol–water partition coefficient (Wildman–Crippen LogP) is 3.56. The number of nitrogens with two attached hydrogens (primary N) is 1. The van der Waals surface area contributed by atoms with E-state index in [9.17, 15) is 0 Å². The van der Waals surface area contributed by atoms with E-state index in [4.69, 9.17) is 41.2 Å². The summed E-state index contributed by atoms with van der Waals surface area (Å²) < 4.78 is 0. The van der Waals surface area contributed by atoms with E-state index >= 15 is 0 Å². The molecular weight excluding hydrogens is 313 g/mol. The summed E-state index contributed by atoms with van der Waals surface area (Å²) in [4.78, 5) is 0. The van der Waals surface area contributed by atoms with E-state index in [2.05, 4.69) is 10.5 Å². The molecule has 0 radical (unpaired) electrons. The summed E-state index contributed by atoms with van der Waals surface area (Å²) in [5.74, 6) is 0. The standard InChI is InChI=1S/C14H9Cl2N3S/c15-7-1-3-9-10-4-2-8(16)6-12(10)13(11(9)5-7)18-19-14(17)20/h1-6H,(H3,17,19,20). The van der Waals surface area contributed by atoms with Crippen molar-refractivity contribution in [1.82, 2.24) is 5.43 Å². The molecule has 0 aliphatic heterocycles. The van der Waals surface area contributed by atoms with Crippen LogP contribution >= 0.6 is 35.4 Å². The summed E-state index contributed by atoms with van der Waals surface area (Å²) in [6.07, 6.45) is 0. The van der Waals surface area contributed by atoms with Crippen LogP contribution in [0.1, 0.15) is 11.1 Å². The molecule has 100 valence electrons. The number of fused-ring (bicyclic) bond motifs is 3. The molecule has 0 atom stereocenters. The fourth-order valence-corrected chi connectivity index (χ4v) is 2.66. The van der Waals surface area contributed by atoms with Crippen molar-refractivity contribution in [3.63, 3.8) is 0 Å². The van der Waals surface area contributed by atoms with Crippen LogP contribution in [0, 0.1) is 0 Å². The second-order valence-electron chi connectivity index (χ2n) is 4.32. The van der Waals surface area contributed by atoms with E-state index in [0.717, 1.165) is 28.0 Å². The number of rotatable bonds is 1. The van der Waals surface area contributed by atoms with Gasteiger partial charge in [-0.25, -0.2) is 0 Å². The van der Waals surface area contributed by atoms with Crippen LogP contribution in [-0.4, -0.2) is 10.8 Å². The Balaban J connectivity index is 2.24. The van der Waals surface area contributed by atoms with Gasteiger partial charge in [0.2, 0.25) is 0 Å². The summed E-state index contributed by atoms with van der Waals surface area (Å²) in [7, 11) is 0. The quantitative estimate of drug-likeness (QED) is 0.532. The van der Waals surface area contributed by atoms with Gasteiger partial charge in [0.1, 0.15) is 0 Å². The van der Waals surface area contributed by atoms with Crippen LogP contribution in [0.25, 0.3) is 11.1 Å². The van der Waals surface area contributed by atoms with Crippen molar-refractivity contribution in [1.29, 1.82) is 0 Å².